The molecule has 62 valence electrons. The predicted molar refractivity (Wildman–Crippen MR) is 44.8 cm³/mol. The van der Waals surface area contributed by atoms with Crippen molar-refractivity contribution in [3.8, 4) is 0 Å². The van der Waals surface area contributed by atoms with Crippen molar-refractivity contribution in [1.29, 1.82) is 0 Å². The van der Waals surface area contributed by atoms with Gasteiger partial charge in [0.25, 0.3) is 0 Å². The van der Waals surface area contributed by atoms with Crippen LogP contribution in [0.4, 0.5) is 0 Å². The number of hydrogen-bond acceptors (Lipinski definition) is 3. The van der Waals surface area contributed by atoms with Crippen LogP contribution in [-0.4, -0.2) is 19.7 Å². The molecule has 1 unspecified atom stereocenters. The lowest BCUT2D eigenvalue weighted by Crippen LogP contribution is -2.29. The number of hydrogen-bond donors (Lipinski definition) is 2. The minimum Gasteiger partial charge on any atom is -0.501 e. The van der Waals surface area contributed by atoms with Gasteiger partial charge in [-0.15, -0.1) is 0 Å². The molecule has 1 rings (SSSR count). The van der Waals surface area contributed by atoms with Crippen LogP contribution in [0.1, 0.15) is 6.42 Å². The Labute approximate surface area is 66.7 Å². The fraction of sp³-hybridized carbons (Fsp3) is 0.500. The number of nitrogens with two attached hydrogens (primary N) is 2. The average molecular weight is 154 g/mol. The predicted octanol–water partition coefficient (Wildman–Crippen LogP) is 0.133. The molecular weight excluding hydrogens is 140 g/mol. The van der Waals surface area contributed by atoms with Gasteiger partial charge in [0.2, 0.25) is 0 Å². The van der Waals surface area contributed by atoms with E-state index in [2.05, 4.69) is 0 Å². The Kier molecular flexibility index (Phi) is 2.68. The highest BCUT2D eigenvalue weighted by atomic mass is 16.5. The minimum atomic E-state index is 0.0416. The van der Waals surface area contributed by atoms with Crippen LogP contribution >= 0.6 is 0 Å². The third-order valence-electron chi connectivity index (χ3n) is 1.88. The Bertz CT molecular complexity index is 196. The lowest BCUT2D eigenvalue weighted by Gasteiger charge is -2.19. The van der Waals surface area contributed by atoms with E-state index in [4.69, 9.17) is 16.2 Å². The van der Waals surface area contributed by atoms with E-state index in [0.717, 1.165) is 17.8 Å². The summed E-state index contributed by atoms with van der Waals surface area (Å²) in [6.07, 6.45) is 4.62. The van der Waals surface area contributed by atoms with E-state index in [1.54, 1.807) is 7.11 Å². The van der Waals surface area contributed by atoms with Crippen molar-refractivity contribution in [1.82, 2.24) is 0 Å². The van der Waals surface area contributed by atoms with Crippen molar-refractivity contribution in [2.45, 2.75) is 12.5 Å². The molecule has 0 bridgehead atoms. The first-order valence-electron chi connectivity index (χ1n) is 3.67. The van der Waals surface area contributed by atoms with Crippen molar-refractivity contribution in [2.75, 3.05) is 13.7 Å². The van der Waals surface area contributed by atoms with Crippen LogP contribution in [-0.2, 0) is 4.74 Å². The van der Waals surface area contributed by atoms with Gasteiger partial charge in [-0.25, -0.2) is 0 Å². The zero-order chi connectivity index (χ0) is 8.27. The van der Waals surface area contributed by atoms with Gasteiger partial charge in [-0.2, -0.15) is 0 Å². The molecule has 0 aromatic carbocycles. The van der Waals surface area contributed by atoms with Gasteiger partial charge < -0.3 is 16.2 Å². The lowest BCUT2D eigenvalue weighted by atomic mass is 9.99. The standard InChI is InChI=1S/C8H14N2O/c1-11-7-3-2-6(5-9)8(10)4-7/h2-3,8H,4-5,9-10H2,1H3. The van der Waals surface area contributed by atoms with E-state index < -0.39 is 0 Å². The highest BCUT2D eigenvalue weighted by molar-refractivity contribution is 5.26. The first kappa shape index (κ1) is 8.30. The third-order valence-corrected chi connectivity index (χ3v) is 1.88. The van der Waals surface area contributed by atoms with Crippen LogP contribution in [0, 0.1) is 0 Å². The quantitative estimate of drug-likeness (QED) is 0.594. The smallest absolute Gasteiger partial charge is 0.0974 e. The molecule has 3 heteroatoms. The molecule has 1 atom stereocenters. The summed E-state index contributed by atoms with van der Waals surface area (Å²) in [6.45, 7) is 0.536. The Morgan fingerprint density at radius 1 is 1.64 bits per heavy atom. The Morgan fingerprint density at radius 3 is 2.82 bits per heavy atom. The van der Waals surface area contributed by atoms with Crippen molar-refractivity contribution in [3.05, 3.63) is 23.5 Å². The number of ether oxygens (including phenoxy) is 1. The second-order valence-corrected chi connectivity index (χ2v) is 2.59. The van der Waals surface area contributed by atoms with Crippen LogP contribution < -0.4 is 11.5 Å². The molecule has 0 aliphatic heterocycles. The highest BCUT2D eigenvalue weighted by Gasteiger charge is 2.13. The molecule has 0 heterocycles. The van der Waals surface area contributed by atoms with E-state index in [9.17, 15) is 0 Å². The molecule has 0 saturated carbocycles. The van der Waals surface area contributed by atoms with Gasteiger partial charge in [0, 0.05) is 19.0 Å². The maximum Gasteiger partial charge on any atom is 0.0974 e. The number of allylic oxidation sites excluding steroid dienone is 2. The second-order valence-electron chi connectivity index (χ2n) is 2.59. The fourth-order valence-corrected chi connectivity index (χ4v) is 1.11. The first-order chi connectivity index (χ1) is 5.27. The summed E-state index contributed by atoms with van der Waals surface area (Å²) in [5.74, 6) is 0.926. The monoisotopic (exact) mass is 154 g/mol. The third kappa shape index (κ3) is 1.82. The molecule has 0 saturated heterocycles. The van der Waals surface area contributed by atoms with E-state index in [-0.39, 0.29) is 6.04 Å². The van der Waals surface area contributed by atoms with Crippen LogP contribution in [0.25, 0.3) is 0 Å². The van der Waals surface area contributed by atoms with Gasteiger partial charge in [0.15, 0.2) is 0 Å². The molecular formula is C8H14N2O. The van der Waals surface area contributed by atoms with Gasteiger partial charge in [-0.3, -0.25) is 0 Å². The highest BCUT2D eigenvalue weighted by Crippen LogP contribution is 2.16. The summed E-state index contributed by atoms with van der Waals surface area (Å²) in [6, 6.07) is 0.0416. The van der Waals surface area contributed by atoms with Crippen molar-refractivity contribution in [3.63, 3.8) is 0 Å². The summed E-state index contributed by atoms with van der Waals surface area (Å²) >= 11 is 0. The van der Waals surface area contributed by atoms with Gasteiger partial charge in [-0.1, -0.05) is 6.08 Å². The van der Waals surface area contributed by atoms with Crippen LogP contribution in [0.5, 0.6) is 0 Å². The fourth-order valence-electron chi connectivity index (χ4n) is 1.11. The molecule has 0 amide bonds. The van der Waals surface area contributed by atoms with Gasteiger partial charge in [0.1, 0.15) is 0 Å². The molecule has 1 aliphatic rings. The summed E-state index contributed by atoms with van der Waals surface area (Å²) in [7, 11) is 1.65. The van der Waals surface area contributed by atoms with Gasteiger partial charge in [-0.05, 0) is 11.6 Å². The molecule has 1 aliphatic carbocycles. The number of rotatable bonds is 2. The maximum atomic E-state index is 5.79. The van der Waals surface area contributed by atoms with Crippen LogP contribution in [0.3, 0.4) is 0 Å². The van der Waals surface area contributed by atoms with Crippen molar-refractivity contribution >= 4 is 0 Å². The van der Waals surface area contributed by atoms with E-state index >= 15 is 0 Å². The Morgan fingerprint density at radius 2 is 2.36 bits per heavy atom. The van der Waals surface area contributed by atoms with Crippen LogP contribution in [0.15, 0.2) is 23.5 Å². The summed E-state index contributed by atoms with van der Waals surface area (Å²) in [5, 5.41) is 0. The van der Waals surface area contributed by atoms with E-state index in [1.165, 1.54) is 0 Å². The molecule has 0 spiro atoms. The normalized spacial score (nSPS) is 24.1. The maximum absolute atomic E-state index is 5.79. The first-order valence-corrected chi connectivity index (χ1v) is 3.67. The van der Waals surface area contributed by atoms with Gasteiger partial charge >= 0.3 is 0 Å². The largest absolute Gasteiger partial charge is 0.501 e. The summed E-state index contributed by atoms with van der Waals surface area (Å²) < 4.78 is 5.05. The Hall–Kier alpha value is -0.800. The van der Waals surface area contributed by atoms with Crippen molar-refractivity contribution in [2.24, 2.45) is 11.5 Å². The van der Waals surface area contributed by atoms with E-state index in [0.29, 0.717) is 6.54 Å². The Balaban J connectivity index is 2.69. The SMILES string of the molecule is COC1=CC=C(CN)C(N)C1. The van der Waals surface area contributed by atoms with Gasteiger partial charge in [0.05, 0.1) is 12.9 Å². The zero-order valence-corrected chi connectivity index (χ0v) is 6.71. The second kappa shape index (κ2) is 3.55. The minimum absolute atomic E-state index is 0.0416. The molecule has 11 heavy (non-hydrogen) atoms. The average Bonchev–Trinajstić information content (AvgIpc) is 2.04. The molecule has 3 nitrogen and oxygen atoms in total. The molecule has 0 fully saturated rings. The molecule has 0 radical (unpaired) electrons. The molecule has 0 aromatic heterocycles. The summed E-state index contributed by atoms with van der Waals surface area (Å²) in [5.41, 5.74) is 12.3. The number of methoxy groups -OCH3 is 1. The van der Waals surface area contributed by atoms with Crippen molar-refractivity contribution < 1.29 is 4.74 Å². The topological polar surface area (TPSA) is 61.3 Å². The molecule has 0 aromatic rings. The zero-order valence-electron chi connectivity index (χ0n) is 6.71. The molecule has 4 N–H and O–H groups in total. The van der Waals surface area contributed by atoms with Crippen LogP contribution in [0.2, 0.25) is 0 Å². The lowest BCUT2D eigenvalue weighted by molar-refractivity contribution is 0.271. The summed E-state index contributed by atoms with van der Waals surface area (Å²) in [4.78, 5) is 0. The van der Waals surface area contributed by atoms with E-state index in [1.807, 2.05) is 12.2 Å².